The van der Waals surface area contributed by atoms with Crippen LogP contribution in [-0.2, 0) is 6.54 Å². The van der Waals surface area contributed by atoms with Crippen LogP contribution in [0.15, 0.2) is 12.1 Å². The Morgan fingerprint density at radius 3 is 2.86 bits per heavy atom. The van der Waals surface area contributed by atoms with Gasteiger partial charge in [-0.3, -0.25) is 4.90 Å². The van der Waals surface area contributed by atoms with E-state index < -0.39 is 0 Å². The summed E-state index contributed by atoms with van der Waals surface area (Å²) < 4.78 is 0.830. The van der Waals surface area contributed by atoms with E-state index in [-0.39, 0.29) is 0 Å². The number of hydrogen-bond acceptors (Lipinski definition) is 3. The third kappa shape index (κ3) is 3.67. The first-order chi connectivity index (χ1) is 6.76. The molecular weight excluding hydrogens is 216 g/mol. The van der Waals surface area contributed by atoms with E-state index in [0.29, 0.717) is 6.42 Å². The molecule has 0 saturated carbocycles. The Morgan fingerprint density at radius 1 is 1.57 bits per heavy atom. The average molecular weight is 229 g/mol. The Kier molecular flexibility index (Phi) is 4.95. The molecule has 0 N–H and O–H groups in total. The molecule has 0 aliphatic rings. The van der Waals surface area contributed by atoms with Crippen LogP contribution in [0.4, 0.5) is 0 Å². The Labute approximate surface area is 93.7 Å². The summed E-state index contributed by atoms with van der Waals surface area (Å²) in [5.41, 5.74) is 0. The Morgan fingerprint density at radius 2 is 2.36 bits per heavy atom. The van der Waals surface area contributed by atoms with Gasteiger partial charge in [0, 0.05) is 24.4 Å². The van der Waals surface area contributed by atoms with Crippen LogP contribution in [0.25, 0.3) is 0 Å². The fourth-order valence-corrected chi connectivity index (χ4v) is 2.34. The number of thiophene rings is 1. The molecule has 1 heterocycles. The van der Waals surface area contributed by atoms with Crippen LogP contribution in [0.2, 0.25) is 4.34 Å². The molecule has 2 nitrogen and oxygen atoms in total. The van der Waals surface area contributed by atoms with Crippen molar-refractivity contribution in [2.45, 2.75) is 19.9 Å². The largest absolute Gasteiger partial charge is 0.298 e. The maximum absolute atomic E-state index is 8.49. The van der Waals surface area contributed by atoms with Crippen LogP contribution in [0.3, 0.4) is 0 Å². The molecule has 1 aromatic rings. The summed E-state index contributed by atoms with van der Waals surface area (Å²) in [6.07, 6.45) is 0.590. The third-order valence-electron chi connectivity index (χ3n) is 2.00. The van der Waals surface area contributed by atoms with Gasteiger partial charge in [-0.25, -0.2) is 0 Å². The minimum atomic E-state index is 0.590. The number of rotatable bonds is 5. The van der Waals surface area contributed by atoms with Gasteiger partial charge < -0.3 is 0 Å². The lowest BCUT2D eigenvalue weighted by Gasteiger charge is -2.17. The highest BCUT2D eigenvalue weighted by Gasteiger charge is 2.04. The molecule has 0 aliphatic carbocycles. The minimum absolute atomic E-state index is 0.590. The van der Waals surface area contributed by atoms with E-state index >= 15 is 0 Å². The molecule has 4 heteroatoms. The van der Waals surface area contributed by atoms with Gasteiger partial charge in [-0.15, -0.1) is 11.3 Å². The van der Waals surface area contributed by atoms with E-state index in [2.05, 4.69) is 17.9 Å². The molecule has 1 rings (SSSR count). The molecule has 76 valence electrons. The summed E-state index contributed by atoms with van der Waals surface area (Å²) in [7, 11) is 0. The van der Waals surface area contributed by atoms with Gasteiger partial charge in [0.25, 0.3) is 0 Å². The number of halogens is 1. The summed E-state index contributed by atoms with van der Waals surface area (Å²) >= 11 is 7.44. The van der Waals surface area contributed by atoms with Gasteiger partial charge in [0.05, 0.1) is 10.4 Å². The van der Waals surface area contributed by atoms with E-state index in [4.69, 9.17) is 16.9 Å². The van der Waals surface area contributed by atoms with Gasteiger partial charge >= 0.3 is 0 Å². The van der Waals surface area contributed by atoms with Crippen molar-refractivity contribution < 1.29 is 0 Å². The van der Waals surface area contributed by atoms with Crippen molar-refractivity contribution in [1.29, 1.82) is 5.26 Å². The molecule has 0 spiro atoms. The monoisotopic (exact) mass is 228 g/mol. The van der Waals surface area contributed by atoms with E-state index in [1.54, 1.807) is 11.3 Å². The van der Waals surface area contributed by atoms with Crippen LogP contribution in [-0.4, -0.2) is 18.0 Å². The van der Waals surface area contributed by atoms with Crippen molar-refractivity contribution in [3.8, 4) is 6.07 Å². The summed E-state index contributed by atoms with van der Waals surface area (Å²) in [5, 5.41) is 8.49. The molecule has 0 fully saturated rings. The highest BCUT2D eigenvalue weighted by atomic mass is 35.5. The molecule has 0 aromatic carbocycles. The lowest BCUT2D eigenvalue weighted by atomic mass is 10.3. The van der Waals surface area contributed by atoms with Crippen LogP contribution >= 0.6 is 22.9 Å². The normalized spacial score (nSPS) is 10.4. The summed E-state index contributed by atoms with van der Waals surface area (Å²) in [6, 6.07) is 6.12. The first-order valence-corrected chi connectivity index (χ1v) is 5.79. The second-order valence-corrected chi connectivity index (χ2v) is 4.78. The predicted octanol–water partition coefficient (Wildman–Crippen LogP) is 3.14. The first-order valence-electron chi connectivity index (χ1n) is 4.59. The Balaban J connectivity index is 2.44. The van der Waals surface area contributed by atoms with Gasteiger partial charge in [-0.1, -0.05) is 18.5 Å². The number of nitrogens with zero attached hydrogens (tertiary/aromatic N) is 2. The topological polar surface area (TPSA) is 27.0 Å². The highest BCUT2D eigenvalue weighted by molar-refractivity contribution is 7.16. The quantitative estimate of drug-likeness (QED) is 0.774. The second-order valence-electron chi connectivity index (χ2n) is 2.98. The van der Waals surface area contributed by atoms with Gasteiger partial charge in [0.2, 0.25) is 0 Å². The lowest BCUT2D eigenvalue weighted by molar-refractivity contribution is 0.289. The SMILES string of the molecule is CCN(CCC#N)Cc1ccc(Cl)s1. The molecule has 0 atom stereocenters. The molecule has 0 radical (unpaired) electrons. The number of hydrogen-bond donors (Lipinski definition) is 0. The number of nitriles is 1. The van der Waals surface area contributed by atoms with Gasteiger partial charge in [0.1, 0.15) is 0 Å². The van der Waals surface area contributed by atoms with Crippen LogP contribution in [0.1, 0.15) is 18.2 Å². The second kappa shape index (κ2) is 6.02. The molecule has 14 heavy (non-hydrogen) atoms. The van der Waals surface area contributed by atoms with Gasteiger partial charge in [0.15, 0.2) is 0 Å². The van der Waals surface area contributed by atoms with Crippen molar-refractivity contribution in [2.24, 2.45) is 0 Å². The maximum atomic E-state index is 8.49. The predicted molar refractivity (Wildman–Crippen MR) is 60.5 cm³/mol. The summed E-state index contributed by atoms with van der Waals surface area (Å²) in [4.78, 5) is 3.50. The lowest BCUT2D eigenvalue weighted by Crippen LogP contribution is -2.23. The molecule has 0 bridgehead atoms. The molecule has 0 amide bonds. The zero-order valence-corrected chi connectivity index (χ0v) is 9.74. The standard InChI is InChI=1S/C10H13ClN2S/c1-2-13(7-3-6-12)8-9-4-5-10(11)14-9/h4-5H,2-3,7-8H2,1H3. The van der Waals surface area contributed by atoms with Crippen LogP contribution in [0.5, 0.6) is 0 Å². The van der Waals surface area contributed by atoms with Gasteiger partial charge in [-0.2, -0.15) is 5.26 Å². The fraction of sp³-hybridized carbons (Fsp3) is 0.500. The smallest absolute Gasteiger partial charge is 0.0931 e. The first kappa shape index (κ1) is 11.5. The highest BCUT2D eigenvalue weighted by Crippen LogP contribution is 2.22. The molecule has 0 saturated heterocycles. The van der Waals surface area contributed by atoms with Gasteiger partial charge in [-0.05, 0) is 18.7 Å². The van der Waals surface area contributed by atoms with Crippen molar-refractivity contribution >= 4 is 22.9 Å². The summed E-state index contributed by atoms with van der Waals surface area (Å²) in [5.74, 6) is 0. The van der Waals surface area contributed by atoms with E-state index in [9.17, 15) is 0 Å². The average Bonchev–Trinajstić information content (AvgIpc) is 2.58. The van der Waals surface area contributed by atoms with Crippen LogP contribution in [0, 0.1) is 11.3 Å². The molecule has 0 unspecified atom stereocenters. The molecule has 1 aromatic heterocycles. The van der Waals surface area contributed by atoms with E-state index in [1.807, 2.05) is 12.1 Å². The maximum Gasteiger partial charge on any atom is 0.0931 e. The van der Waals surface area contributed by atoms with Crippen molar-refractivity contribution in [1.82, 2.24) is 4.90 Å². The van der Waals surface area contributed by atoms with E-state index in [0.717, 1.165) is 24.0 Å². The zero-order valence-electron chi connectivity index (χ0n) is 8.16. The Bertz CT molecular complexity index is 316. The minimum Gasteiger partial charge on any atom is -0.298 e. The fourth-order valence-electron chi connectivity index (χ4n) is 1.21. The molecular formula is C10H13ClN2S. The van der Waals surface area contributed by atoms with Crippen molar-refractivity contribution in [3.63, 3.8) is 0 Å². The van der Waals surface area contributed by atoms with Crippen molar-refractivity contribution in [2.75, 3.05) is 13.1 Å². The Hall–Kier alpha value is -0.560. The third-order valence-corrected chi connectivity index (χ3v) is 3.21. The van der Waals surface area contributed by atoms with Crippen LogP contribution < -0.4 is 0 Å². The molecule has 0 aliphatic heterocycles. The zero-order chi connectivity index (χ0) is 10.4. The summed E-state index contributed by atoms with van der Waals surface area (Å²) in [6.45, 7) is 4.81. The van der Waals surface area contributed by atoms with Crippen molar-refractivity contribution in [3.05, 3.63) is 21.3 Å². The van der Waals surface area contributed by atoms with E-state index in [1.165, 1.54) is 4.88 Å².